The number of phosphoric acid groups is 2. The normalized spacial score (nSPS) is 13.9. The van der Waals surface area contributed by atoms with Crippen molar-refractivity contribution in [3.63, 3.8) is 0 Å². The summed E-state index contributed by atoms with van der Waals surface area (Å²) in [5.74, 6) is 1.11. The second kappa shape index (κ2) is 13.5. The SMILES string of the molecule is CCOP(=O)(OCC)Oc1cc2c(cc1C(c1cccnc1)c1cc3c(cc1OP(=O)(OCC)OCC)OCO3)OCO2. The largest absolute Gasteiger partial charge is 0.530 e. The van der Waals surface area contributed by atoms with E-state index in [1.807, 2.05) is 6.07 Å². The lowest BCUT2D eigenvalue weighted by Gasteiger charge is -2.26. The first kappa shape index (κ1) is 31.1. The van der Waals surface area contributed by atoms with Crippen molar-refractivity contribution in [1.29, 1.82) is 0 Å². The van der Waals surface area contributed by atoms with Gasteiger partial charge in [-0.1, -0.05) is 6.07 Å². The Morgan fingerprint density at radius 1 is 0.698 bits per heavy atom. The molecule has 1 aromatic heterocycles. The lowest BCUT2D eigenvalue weighted by molar-refractivity contribution is 0.165. The average Bonchev–Trinajstić information content (AvgIpc) is 3.63. The molecular weight excluding hydrogens is 604 g/mol. The van der Waals surface area contributed by atoms with E-state index in [1.165, 1.54) is 0 Å². The van der Waals surface area contributed by atoms with E-state index in [4.69, 9.17) is 46.1 Å². The van der Waals surface area contributed by atoms with E-state index in [9.17, 15) is 9.13 Å². The zero-order valence-electron chi connectivity index (χ0n) is 24.2. The third-order valence-corrected chi connectivity index (χ3v) is 9.36. The minimum atomic E-state index is -4.07. The summed E-state index contributed by atoms with van der Waals surface area (Å²) in [4.78, 5) is 4.33. The summed E-state index contributed by atoms with van der Waals surface area (Å²) in [5, 5.41) is 0. The van der Waals surface area contributed by atoms with Crippen LogP contribution in [0.1, 0.15) is 50.3 Å². The second-order valence-corrected chi connectivity index (χ2v) is 12.1. The maximum Gasteiger partial charge on any atom is 0.530 e. The molecule has 0 atom stereocenters. The van der Waals surface area contributed by atoms with Crippen molar-refractivity contribution < 1.29 is 55.2 Å². The molecule has 15 heteroatoms. The van der Waals surface area contributed by atoms with Crippen LogP contribution in [0, 0.1) is 0 Å². The number of rotatable bonds is 15. The Hall–Kier alpha value is -3.31. The van der Waals surface area contributed by atoms with Gasteiger partial charge in [0, 0.05) is 41.6 Å². The molecule has 0 bridgehead atoms. The quantitative estimate of drug-likeness (QED) is 0.161. The van der Waals surface area contributed by atoms with Crippen LogP contribution in [0.15, 0.2) is 48.8 Å². The van der Waals surface area contributed by atoms with E-state index < -0.39 is 21.6 Å². The number of nitrogens with zero attached hydrogens (tertiary/aromatic N) is 1. The molecule has 0 saturated heterocycles. The van der Waals surface area contributed by atoms with Crippen LogP contribution in [-0.2, 0) is 27.2 Å². The molecule has 43 heavy (non-hydrogen) atoms. The zero-order valence-corrected chi connectivity index (χ0v) is 26.0. The van der Waals surface area contributed by atoms with Crippen LogP contribution < -0.4 is 28.0 Å². The maximum absolute atomic E-state index is 13.6. The van der Waals surface area contributed by atoms with Gasteiger partial charge in [0.1, 0.15) is 11.5 Å². The monoisotopic (exact) mass is 637 g/mol. The fraction of sp³-hybridized carbons (Fsp3) is 0.393. The summed E-state index contributed by atoms with van der Waals surface area (Å²) in [6.07, 6.45) is 3.29. The van der Waals surface area contributed by atoms with Gasteiger partial charge < -0.3 is 28.0 Å². The summed E-state index contributed by atoms with van der Waals surface area (Å²) in [7, 11) is -8.13. The Bertz CT molecular complexity index is 1410. The average molecular weight is 638 g/mol. The van der Waals surface area contributed by atoms with Crippen LogP contribution in [-0.4, -0.2) is 45.0 Å². The molecule has 0 unspecified atom stereocenters. The van der Waals surface area contributed by atoms with Gasteiger partial charge in [0.2, 0.25) is 13.6 Å². The number of ether oxygens (including phenoxy) is 4. The highest BCUT2D eigenvalue weighted by Gasteiger charge is 2.37. The molecule has 2 aliphatic rings. The van der Waals surface area contributed by atoms with Gasteiger partial charge >= 0.3 is 15.6 Å². The van der Waals surface area contributed by atoms with Crippen LogP contribution in [0.4, 0.5) is 0 Å². The van der Waals surface area contributed by atoms with Gasteiger partial charge in [0.05, 0.1) is 26.4 Å². The van der Waals surface area contributed by atoms with Gasteiger partial charge in [0.25, 0.3) is 0 Å². The highest BCUT2D eigenvalue weighted by Crippen LogP contribution is 2.57. The minimum Gasteiger partial charge on any atom is -0.454 e. The fourth-order valence-electron chi connectivity index (χ4n) is 4.61. The summed E-state index contributed by atoms with van der Waals surface area (Å²) in [5.41, 5.74) is 1.59. The highest BCUT2D eigenvalue weighted by atomic mass is 31.2. The van der Waals surface area contributed by atoms with Crippen LogP contribution in [0.3, 0.4) is 0 Å². The molecule has 0 aliphatic carbocycles. The lowest BCUT2D eigenvalue weighted by atomic mass is 9.84. The van der Waals surface area contributed by atoms with Gasteiger partial charge in [-0.25, -0.2) is 9.13 Å². The van der Waals surface area contributed by atoms with Crippen LogP contribution in [0.25, 0.3) is 0 Å². The van der Waals surface area contributed by atoms with Gasteiger partial charge in [0.15, 0.2) is 23.0 Å². The molecule has 0 fully saturated rings. The van der Waals surface area contributed by atoms with Crippen molar-refractivity contribution in [1.82, 2.24) is 4.98 Å². The molecule has 0 amide bonds. The number of fused-ring (bicyclic) bond motifs is 2. The molecule has 3 heterocycles. The van der Waals surface area contributed by atoms with Gasteiger partial charge in [-0.15, -0.1) is 0 Å². The smallest absolute Gasteiger partial charge is 0.454 e. The molecule has 13 nitrogen and oxygen atoms in total. The zero-order chi connectivity index (χ0) is 30.5. The summed E-state index contributed by atoms with van der Waals surface area (Å²) in [6.45, 7) is 6.99. The third kappa shape index (κ3) is 6.93. The first-order chi connectivity index (χ1) is 20.8. The molecule has 2 aliphatic heterocycles. The predicted octanol–water partition coefficient (Wildman–Crippen LogP) is 6.84. The topological polar surface area (TPSA) is 139 Å². The van der Waals surface area contributed by atoms with Crippen molar-refractivity contribution in [3.8, 4) is 34.5 Å². The fourth-order valence-corrected chi connectivity index (χ4v) is 7.04. The minimum absolute atomic E-state index is 0.0192. The lowest BCUT2D eigenvalue weighted by Crippen LogP contribution is -2.11. The van der Waals surface area contributed by atoms with Crippen molar-refractivity contribution >= 4 is 15.6 Å². The van der Waals surface area contributed by atoms with E-state index in [-0.39, 0.29) is 51.5 Å². The summed E-state index contributed by atoms with van der Waals surface area (Å²) < 4.78 is 83.6. The molecular formula is C28H33NO12P2. The Labute approximate surface area is 249 Å². The van der Waals surface area contributed by atoms with E-state index >= 15 is 0 Å². The summed E-state index contributed by atoms with van der Waals surface area (Å²) in [6, 6.07) is 10.1. The van der Waals surface area contributed by atoms with E-state index in [0.717, 1.165) is 0 Å². The standard InChI is InChI=1S/C28H33NO12P2/c1-5-36-42(30,37-6-2)40-22-14-26-24(32-17-34-26)12-20(22)28(19-10-9-11-29-16-19)21-13-25-27(35-18-33-25)15-23(21)41-43(31,38-7-3)39-8-4/h9-16,28H,5-8,17-18H2,1-4H3. The Morgan fingerprint density at radius 2 is 1.12 bits per heavy atom. The molecule has 2 aromatic carbocycles. The number of hydrogen-bond donors (Lipinski definition) is 0. The number of benzene rings is 2. The molecule has 3 aromatic rings. The first-order valence-electron chi connectivity index (χ1n) is 13.8. The molecule has 0 spiro atoms. The first-order valence-corrected chi connectivity index (χ1v) is 16.7. The van der Waals surface area contributed by atoms with Gasteiger partial charge in [-0.3, -0.25) is 23.1 Å². The van der Waals surface area contributed by atoms with Crippen molar-refractivity contribution in [3.05, 3.63) is 65.5 Å². The number of hydrogen-bond acceptors (Lipinski definition) is 13. The van der Waals surface area contributed by atoms with Crippen molar-refractivity contribution in [2.75, 3.05) is 40.0 Å². The molecule has 0 N–H and O–H groups in total. The van der Waals surface area contributed by atoms with Crippen LogP contribution in [0.5, 0.6) is 34.5 Å². The Balaban J connectivity index is 1.74. The van der Waals surface area contributed by atoms with Crippen LogP contribution in [0.2, 0.25) is 0 Å². The Morgan fingerprint density at radius 3 is 1.49 bits per heavy atom. The molecule has 0 saturated carbocycles. The number of aromatic nitrogens is 1. The molecule has 0 radical (unpaired) electrons. The maximum atomic E-state index is 13.6. The predicted molar refractivity (Wildman–Crippen MR) is 153 cm³/mol. The summed E-state index contributed by atoms with van der Waals surface area (Å²) >= 11 is 0. The van der Waals surface area contributed by atoms with E-state index in [1.54, 1.807) is 70.4 Å². The third-order valence-electron chi connectivity index (χ3n) is 6.22. The Kier molecular flexibility index (Phi) is 9.81. The van der Waals surface area contributed by atoms with Crippen LogP contribution >= 0.6 is 15.6 Å². The highest BCUT2D eigenvalue weighted by molar-refractivity contribution is 7.49. The molecule has 5 rings (SSSR count). The second-order valence-electron chi connectivity index (χ2n) is 8.95. The molecule has 232 valence electrons. The van der Waals surface area contributed by atoms with E-state index in [0.29, 0.717) is 39.7 Å². The number of phosphoric ester groups is 2. The van der Waals surface area contributed by atoms with Crippen molar-refractivity contribution in [2.24, 2.45) is 0 Å². The van der Waals surface area contributed by atoms with Gasteiger partial charge in [-0.2, -0.15) is 0 Å². The number of pyridine rings is 1. The van der Waals surface area contributed by atoms with E-state index in [2.05, 4.69) is 4.98 Å². The van der Waals surface area contributed by atoms with Crippen molar-refractivity contribution in [2.45, 2.75) is 33.6 Å². The van der Waals surface area contributed by atoms with Gasteiger partial charge in [-0.05, 0) is 51.5 Å².